The summed E-state index contributed by atoms with van der Waals surface area (Å²) in [5.41, 5.74) is 2.94. The van der Waals surface area contributed by atoms with E-state index in [0.717, 1.165) is 21.3 Å². The van der Waals surface area contributed by atoms with Gasteiger partial charge in [-0.3, -0.25) is 0 Å². The number of aryl methyl sites for hydroxylation is 1. The van der Waals surface area contributed by atoms with Gasteiger partial charge in [0.25, 0.3) is 0 Å². The van der Waals surface area contributed by atoms with Gasteiger partial charge in [0.05, 0.1) is 11.1 Å². The van der Waals surface area contributed by atoms with Crippen LogP contribution in [0.25, 0.3) is 0 Å². The quantitative estimate of drug-likeness (QED) is 0.848. The van der Waals surface area contributed by atoms with Crippen LogP contribution < -0.4 is 5.32 Å². The van der Waals surface area contributed by atoms with Crippen LogP contribution in [-0.2, 0) is 0 Å². The Morgan fingerprint density at radius 1 is 1.26 bits per heavy atom. The zero-order valence-corrected chi connectivity index (χ0v) is 12.7. The summed E-state index contributed by atoms with van der Waals surface area (Å²) < 4.78 is 0.806. The van der Waals surface area contributed by atoms with Crippen molar-refractivity contribution in [3.8, 4) is 6.07 Å². The van der Waals surface area contributed by atoms with E-state index >= 15 is 0 Å². The molecule has 0 radical (unpaired) electrons. The predicted molar refractivity (Wildman–Crippen MR) is 82.3 cm³/mol. The van der Waals surface area contributed by atoms with E-state index in [0.29, 0.717) is 5.02 Å². The van der Waals surface area contributed by atoms with Gasteiger partial charge in [-0.05, 0) is 46.6 Å². The first kappa shape index (κ1) is 13.9. The molecule has 0 fully saturated rings. The summed E-state index contributed by atoms with van der Waals surface area (Å²) in [6, 6.07) is 15.3. The van der Waals surface area contributed by atoms with Gasteiger partial charge in [0.15, 0.2) is 0 Å². The minimum Gasteiger partial charge on any atom is -0.366 e. The van der Waals surface area contributed by atoms with Gasteiger partial charge in [0, 0.05) is 10.2 Å². The number of rotatable bonds is 3. The molecular formula is C15H12BrClN2. The molecule has 0 aliphatic heterocycles. The van der Waals surface area contributed by atoms with E-state index in [2.05, 4.69) is 27.3 Å². The first-order valence-electron chi connectivity index (χ1n) is 5.78. The monoisotopic (exact) mass is 334 g/mol. The maximum absolute atomic E-state index is 9.31. The first-order chi connectivity index (χ1) is 9.10. The summed E-state index contributed by atoms with van der Waals surface area (Å²) in [6.45, 7) is 2.01. The summed E-state index contributed by atoms with van der Waals surface area (Å²) in [5, 5.41) is 13.1. The fraction of sp³-hybridized carbons (Fsp3) is 0.133. The van der Waals surface area contributed by atoms with E-state index in [-0.39, 0.29) is 6.04 Å². The number of hydrogen-bond donors (Lipinski definition) is 1. The molecule has 0 aliphatic rings. The number of hydrogen-bond acceptors (Lipinski definition) is 2. The van der Waals surface area contributed by atoms with E-state index in [1.54, 1.807) is 6.07 Å². The van der Waals surface area contributed by atoms with Crippen LogP contribution in [0.15, 0.2) is 46.9 Å². The zero-order chi connectivity index (χ0) is 13.8. The van der Waals surface area contributed by atoms with Crippen molar-refractivity contribution in [2.75, 3.05) is 5.32 Å². The van der Waals surface area contributed by atoms with Crippen LogP contribution in [0.1, 0.15) is 17.2 Å². The SMILES string of the molecule is Cc1cccc(C(C#N)Nc2ccc(Cl)c(Br)c2)c1. The fourth-order valence-electron chi connectivity index (χ4n) is 1.79. The minimum atomic E-state index is -0.382. The first-order valence-corrected chi connectivity index (χ1v) is 6.95. The second-order valence-corrected chi connectivity index (χ2v) is 5.51. The molecule has 1 N–H and O–H groups in total. The van der Waals surface area contributed by atoms with Crippen LogP contribution in [-0.4, -0.2) is 0 Å². The predicted octanol–water partition coefficient (Wildman–Crippen LogP) is 5.09. The Kier molecular flexibility index (Phi) is 4.47. The van der Waals surface area contributed by atoms with E-state index in [1.807, 2.05) is 43.3 Å². The average Bonchev–Trinajstić information content (AvgIpc) is 2.40. The molecular weight excluding hydrogens is 324 g/mol. The van der Waals surface area contributed by atoms with Crippen molar-refractivity contribution in [1.82, 2.24) is 0 Å². The summed E-state index contributed by atoms with van der Waals surface area (Å²) in [4.78, 5) is 0. The molecule has 2 rings (SSSR count). The molecule has 0 saturated carbocycles. The minimum absolute atomic E-state index is 0.382. The van der Waals surface area contributed by atoms with Crippen molar-refractivity contribution >= 4 is 33.2 Å². The fourth-order valence-corrected chi connectivity index (χ4v) is 2.29. The second-order valence-electron chi connectivity index (χ2n) is 4.25. The lowest BCUT2D eigenvalue weighted by Gasteiger charge is -2.14. The number of nitrogens with one attached hydrogen (secondary N) is 1. The van der Waals surface area contributed by atoms with E-state index in [1.165, 1.54) is 0 Å². The van der Waals surface area contributed by atoms with Crippen LogP contribution in [0.4, 0.5) is 5.69 Å². The van der Waals surface area contributed by atoms with E-state index in [9.17, 15) is 5.26 Å². The number of benzene rings is 2. The molecule has 96 valence electrons. The van der Waals surface area contributed by atoms with Crippen LogP contribution in [0, 0.1) is 18.3 Å². The van der Waals surface area contributed by atoms with Crippen molar-refractivity contribution in [3.05, 3.63) is 63.1 Å². The Labute approximate surface area is 126 Å². The summed E-state index contributed by atoms with van der Waals surface area (Å²) in [5.74, 6) is 0. The van der Waals surface area contributed by atoms with Gasteiger partial charge in [-0.25, -0.2) is 0 Å². The molecule has 0 bridgehead atoms. The second kappa shape index (κ2) is 6.10. The van der Waals surface area contributed by atoms with E-state index < -0.39 is 0 Å². The number of halogens is 2. The molecule has 0 spiro atoms. The molecule has 0 aliphatic carbocycles. The standard InChI is InChI=1S/C15H12BrClN2/c1-10-3-2-4-11(7-10)15(9-18)19-12-5-6-14(17)13(16)8-12/h2-8,15,19H,1H3. The lowest BCUT2D eigenvalue weighted by Crippen LogP contribution is -2.08. The van der Waals surface area contributed by atoms with Crippen molar-refractivity contribution in [2.24, 2.45) is 0 Å². The molecule has 0 heterocycles. The third kappa shape index (κ3) is 3.50. The molecule has 19 heavy (non-hydrogen) atoms. The third-order valence-electron chi connectivity index (χ3n) is 2.74. The zero-order valence-electron chi connectivity index (χ0n) is 10.3. The smallest absolute Gasteiger partial charge is 0.140 e. The molecule has 1 unspecified atom stereocenters. The topological polar surface area (TPSA) is 35.8 Å². The highest BCUT2D eigenvalue weighted by molar-refractivity contribution is 9.10. The molecule has 0 aromatic heterocycles. The van der Waals surface area contributed by atoms with Crippen molar-refractivity contribution < 1.29 is 0 Å². The van der Waals surface area contributed by atoms with Crippen molar-refractivity contribution in [1.29, 1.82) is 5.26 Å². The number of anilines is 1. The molecule has 0 saturated heterocycles. The number of nitrogens with zero attached hydrogens (tertiary/aromatic N) is 1. The summed E-state index contributed by atoms with van der Waals surface area (Å²) in [7, 11) is 0. The van der Waals surface area contributed by atoms with Gasteiger partial charge >= 0.3 is 0 Å². The Morgan fingerprint density at radius 2 is 2.05 bits per heavy atom. The van der Waals surface area contributed by atoms with Crippen molar-refractivity contribution in [3.63, 3.8) is 0 Å². The summed E-state index contributed by atoms with van der Waals surface area (Å²) >= 11 is 9.32. The maximum atomic E-state index is 9.31. The third-order valence-corrected chi connectivity index (χ3v) is 3.95. The molecule has 4 heteroatoms. The Bertz CT molecular complexity index is 634. The van der Waals surface area contributed by atoms with Crippen molar-refractivity contribution in [2.45, 2.75) is 13.0 Å². The lowest BCUT2D eigenvalue weighted by atomic mass is 10.1. The lowest BCUT2D eigenvalue weighted by molar-refractivity contribution is 0.994. The Hall–Kier alpha value is -1.50. The van der Waals surface area contributed by atoms with Gasteiger partial charge < -0.3 is 5.32 Å². The largest absolute Gasteiger partial charge is 0.366 e. The van der Waals surface area contributed by atoms with Crippen LogP contribution in [0.2, 0.25) is 5.02 Å². The maximum Gasteiger partial charge on any atom is 0.140 e. The van der Waals surface area contributed by atoms with E-state index in [4.69, 9.17) is 11.6 Å². The molecule has 1 atom stereocenters. The van der Waals surface area contributed by atoms with Gasteiger partial charge in [-0.1, -0.05) is 41.4 Å². The Morgan fingerprint density at radius 3 is 2.68 bits per heavy atom. The van der Waals surface area contributed by atoms with Crippen LogP contribution in [0.5, 0.6) is 0 Å². The van der Waals surface area contributed by atoms with Gasteiger partial charge in [-0.2, -0.15) is 5.26 Å². The Balaban J connectivity index is 2.24. The molecule has 2 aromatic rings. The molecule has 2 aromatic carbocycles. The molecule has 2 nitrogen and oxygen atoms in total. The summed E-state index contributed by atoms with van der Waals surface area (Å²) in [6.07, 6.45) is 0. The van der Waals surface area contributed by atoms with Gasteiger partial charge in [0.1, 0.15) is 6.04 Å². The normalized spacial score (nSPS) is 11.7. The highest BCUT2D eigenvalue weighted by atomic mass is 79.9. The van der Waals surface area contributed by atoms with Crippen LogP contribution >= 0.6 is 27.5 Å². The van der Waals surface area contributed by atoms with Gasteiger partial charge in [-0.15, -0.1) is 0 Å². The van der Waals surface area contributed by atoms with Crippen LogP contribution in [0.3, 0.4) is 0 Å². The highest BCUT2D eigenvalue weighted by Crippen LogP contribution is 2.27. The number of nitriles is 1. The van der Waals surface area contributed by atoms with Gasteiger partial charge in [0.2, 0.25) is 0 Å². The molecule has 0 amide bonds. The highest BCUT2D eigenvalue weighted by Gasteiger charge is 2.10. The average molecular weight is 336 g/mol.